The largest absolute Gasteiger partial charge is 0.495 e. The molecule has 0 fully saturated rings. The Labute approximate surface area is 133 Å². The summed E-state index contributed by atoms with van der Waals surface area (Å²) >= 11 is 5.87. The van der Waals surface area contributed by atoms with E-state index < -0.39 is 10.0 Å². The molecule has 0 unspecified atom stereocenters. The van der Waals surface area contributed by atoms with E-state index >= 15 is 0 Å². The molecule has 1 N–H and O–H groups in total. The average molecular weight is 341 g/mol. The molecule has 0 spiro atoms. The Morgan fingerprint density at radius 2 is 2.05 bits per heavy atom. The van der Waals surface area contributed by atoms with Crippen LogP contribution >= 0.6 is 11.6 Å². The number of anilines is 1. The van der Waals surface area contributed by atoms with Gasteiger partial charge in [-0.3, -0.25) is 9.52 Å². The average Bonchev–Trinajstić information content (AvgIpc) is 2.49. The maximum atomic E-state index is 12.5. The highest BCUT2D eigenvalue weighted by atomic mass is 35.5. The topological polar surface area (TPSA) is 85.4 Å². The zero-order chi connectivity index (χ0) is 16.3. The summed E-state index contributed by atoms with van der Waals surface area (Å²) in [6.07, 6.45) is 1.80. The summed E-state index contributed by atoms with van der Waals surface area (Å²) in [5.41, 5.74) is 0.986. The molecular formula is C14H13ClN2O4S. The molecule has 8 heteroatoms. The lowest BCUT2D eigenvalue weighted by atomic mass is 10.2. The first kappa shape index (κ1) is 16.3. The van der Waals surface area contributed by atoms with Gasteiger partial charge in [0.25, 0.3) is 10.0 Å². The number of aromatic nitrogens is 1. The van der Waals surface area contributed by atoms with Gasteiger partial charge >= 0.3 is 0 Å². The van der Waals surface area contributed by atoms with Gasteiger partial charge in [-0.15, -0.1) is 0 Å². The number of hydrogen-bond donors (Lipinski definition) is 1. The van der Waals surface area contributed by atoms with Gasteiger partial charge in [0.15, 0.2) is 11.4 Å². The van der Waals surface area contributed by atoms with Gasteiger partial charge in [0.05, 0.1) is 12.8 Å². The normalized spacial score (nSPS) is 11.0. The third-order valence-corrected chi connectivity index (χ3v) is 4.54. The Kier molecular flexibility index (Phi) is 4.68. The smallest absolute Gasteiger partial charge is 0.265 e. The van der Waals surface area contributed by atoms with Crippen molar-refractivity contribution in [2.45, 2.75) is 11.8 Å². The predicted molar refractivity (Wildman–Crippen MR) is 83.2 cm³/mol. The summed E-state index contributed by atoms with van der Waals surface area (Å²) in [6.45, 7) is 1.76. The second-order valence-electron chi connectivity index (χ2n) is 4.48. The van der Waals surface area contributed by atoms with E-state index in [1.807, 2.05) is 0 Å². The fourth-order valence-electron chi connectivity index (χ4n) is 1.79. The molecule has 0 amide bonds. The first-order valence-electron chi connectivity index (χ1n) is 6.15. The minimum Gasteiger partial charge on any atom is -0.495 e. The van der Waals surface area contributed by atoms with Crippen LogP contribution in [0, 0.1) is 6.92 Å². The van der Waals surface area contributed by atoms with Gasteiger partial charge in [-0.1, -0.05) is 17.7 Å². The van der Waals surface area contributed by atoms with E-state index in [-0.39, 0.29) is 27.0 Å². The SMILES string of the molecule is COc1ccc(C)cc1S(=O)(=O)Nc1cc(C=O)cnc1Cl. The molecule has 0 bridgehead atoms. The zero-order valence-corrected chi connectivity index (χ0v) is 13.4. The number of carbonyl (C=O) groups excluding carboxylic acids is 1. The van der Waals surface area contributed by atoms with Crippen LogP contribution in [0.4, 0.5) is 5.69 Å². The van der Waals surface area contributed by atoms with Crippen LogP contribution in [0.25, 0.3) is 0 Å². The number of nitrogens with one attached hydrogen (secondary N) is 1. The van der Waals surface area contributed by atoms with E-state index in [9.17, 15) is 13.2 Å². The number of sulfonamides is 1. The maximum Gasteiger partial charge on any atom is 0.265 e. The molecule has 0 saturated heterocycles. The van der Waals surface area contributed by atoms with E-state index in [1.54, 1.807) is 19.1 Å². The summed E-state index contributed by atoms with van der Waals surface area (Å²) in [5, 5.41) is -0.0548. The monoisotopic (exact) mass is 340 g/mol. The summed E-state index contributed by atoms with van der Waals surface area (Å²) in [6, 6.07) is 6.08. The van der Waals surface area contributed by atoms with Crippen LogP contribution in [0.2, 0.25) is 5.15 Å². The molecule has 6 nitrogen and oxygen atoms in total. The van der Waals surface area contributed by atoms with Gasteiger partial charge in [-0.05, 0) is 30.7 Å². The first-order valence-corrected chi connectivity index (χ1v) is 8.01. The van der Waals surface area contributed by atoms with Crippen LogP contribution in [0.3, 0.4) is 0 Å². The van der Waals surface area contributed by atoms with Gasteiger partial charge in [-0.2, -0.15) is 0 Å². The van der Waals surface area contributed by atoms with Crippen molar-refractivity contribution in [2.24, 2.45) is 0 Å². The number of carbonyl (C=O) groups is 1. The molecule has 0 aliphatic rings. The fourth-order valence-corrected chi connectivity index (χ4v) is 3.31. The third kappa shape index (κ3) is 3.37. The molecule has 0 aliphatic carbocycles. The molecule has 116 valence electrons. The fraction of sp³-hybridized carbons (Fsp3) is 0.143. The number of nitrogens with zero attached hydrogens (tertiary/aromatic N) is 1. The lowest BCUT2D eigenvalue weighted by Gasteiger charge is -2.13. The van der Waals surface area contributed by atoms with Crippen LogP contribution < -0.4 is 9.46 Å². The van der Waals surface area contributed by atoms with Crippen LogP contribution in [0.5, 0.6) is 5.75 Å². The molecule has 0 aliphatic heterocycles. The number of ether oxygens (including phenoxy) is 1. The molecule has 22 heavy (non-hydrogen) atoms. The van der Waals surface area contributed by atoms with Gasteiger partial charge in [0.1, 0.15) is 10.6 Å². The van der Waals surface area contributed by atoms with Crippen LogP contribution in [0.15, 0.2) is 35.4 Å². The number of pyridine rings is 1. The summed E-state index contributed by atoms with van der Waals surface area (Å²) in [5.74, 6) is 0.203. The molecule has 2 aromatic rings. The lowest BCUT2D eigenvalue weighted by Crippen LogP contribution is -2.15. The van der Waals surface area contributed by atoms with Gasteiger partial charge in [-0.25, -0.2) is 13.4 Å². The molecule has 1 aromatic carbocycles. The molecule has 0 atom stereocenters. The van der Waals surface area contributed by atoms with Crippen molar-refractivity contribution in [1.82, 2.24) is 4.98 Å². The van der Waals surface area contributed by atoms with E-state index in [4.69, 9.17) is 16.3 Å². The highest BCUT2D eigenvalue weighted by Crippen LogP contribution is 2.28. The van der Waals surface area contributed by atoms with Crippen molar-refractivity contribution in [2.75, 3.05) is 11.8 Å². The molecule has 0 saturated carbocycles. The highest BCUT2D eigenvalue weighted by molar-refractivity contribution is 7.92. The van der Waals surface area contributed by atoms with Crippen molar-refractivity contribution in [3.8, 4) is 5.75 Å². The number of rotatable bonds is 5. The van der Waals surface area contributed by atoms with Crippen molar-refractivity contribution in [1.29, 1.82) is 0 Å². The third-order valence-electron chi connectivity index (χ3n) is 2.85. The minimum atomic E-state index is -3.94. The summed E-state index contributed by atoms with van der Waals surface area (Å²) < 4.78 is 32.4. The Morgan fingerprint density at radius 3 is 2.68 bits per heavy atom. The second-order valence-corrected chi connectivity index (χ2v) is 6.49. The molecule has 0 radical (unpaired) electrons. The highest BCUT2D eigenvalue weighted by Gasteiger charge is 2.21. The quantitative estimate of drug-likeness (QED) is 0.668. The van der Waals surface area contributed by atoms with Crippen molar-refractivity contribution in [3.63, 3.8) is 0 Å². The Hall–Kier alpha value is -2.12. The minimum absolute atomic E-state index is 0.0230. The lowest BCUT2D eigenvalue weighted by molar-refractivity contribution is 0.112. The molecule has 1 heterocycles. The Bertz CT molecular complexity index is 822. The predicted octanol–water partition coefficient (Wildman–Crippen LogP) is 2.67. The van der Waals surface area contributed by atoms with E-state index in [0.717, 1.165) is 5.56 Å². The number of aldehydes is 1. The van der Waals surface area contributed by atoms with Crippen LogP contribution in [-0.2, 0) is 10.0 Å². The standard InChI is InChI=1S/C14H13ClN2O4S/c1-9-3-4-12(21-2)13(5-9)22(19,20)17-11-6-10(8-18)7-16-14(11)15/h3-8,17H,1-2H3. The Morgan fingerprint density at radius 1 is 1.32 bits per heavy atom. The van der Waals surface area contributed by atoms with E-state index in [1.165, 1.54) is 25.4 Å². The number of hydrogen-bond acceptors (Lipinski definition) is 5. The van der Waals surface area contributed by atoms with Gasteiger partial charge < -0.3 is 4.74 Å². The second kappa shape index (κ2) is 6.33. The van der Waals surface area contributed by atoms with E-state index in [2.05, 4.69) is 9.71 Å². The van der Waals surface area contributed by atoms with Crippen LogP contribution in [0.1, 0.15) is 15.9 Å². The van der Waals surface area contributed by atoms with Crippen molar-refractivity contribution < 1.29 is 17.9 Å². The van der Waals surface area contributed by atoms with Crippen molar-refractivity contribution in [3.05, 3.63) is 46.7 Å². The van der Waals surface area contributed by atoms with Gasteiger partial charge in [0.2, 0.25) is 0 Å². The first-order chi connectivity index (χ1) is 10.4. The summed E-state index contributed by atoms with van der Waals surface area (Å²) in [4.78, 5) is 14.5. The number of aryl methyl sites for hydroxylation is 1. The Balaban J connectivity index is 2.48. The number of halogens is 1. The molecule has 1 aromatic heterocycles. The number of benzene rings is 1. The molecular weight excluding hydrogens is 328 g/mol. The summed E-state index contributed by atoms with van der Waals surface area (Å²) in [7, 11) is -2.56. The number of methoxy groups -OCH3 is 1. The zero-order valence-electron chi connectivity index (χ0n) is 11.8. The van der Waals surface area contributed by atoms with Crippen molar-refractivity contribution >= 4 is 33.6 Å². The van der Waals surface area contributed by atoms with E-state index in [0.29, 0.717) is 6.29 Å². The van der Waals surface area contributed by atoms with Gasteiger partial charge in [0, 0.05) is 11.8 Å². The molecule has 2 rings (SSSR count). The van der Waals surface area contributed by atoms with Crippen LogP contribution in [-0.4, -0.2) is 26.8 Å². The maximum absolute atomic E-state index is 12.5.